The van der Waals surface area contributed by atoms with Gasteiger partial charge in [-0.05, 0) is 11.6 Å². The number of nitrogens with two attached hydrogens (primary N) is 1. The second-order valence-corrected chi connectivity index (χ2v) is 7.10. The molecule has 2 amide bonds. The Bertz CT molecular complexity index is 908. The van der Waals surface area contributed by atoms with Gasteiger partial charge in [-0.3, -0.25) is 9.59 Å². The van der Waals surface area contributed by atoms with E-state index in [1.807, 2.05) is 54.6 Å². The van der Waals surface area contributed by atoms with E-state index in [0.717, 1.165) is 15.6 Å². The van der Waals surface area contributed by atoms with Crippen molar-refractivity contribution in [3.63, 3.8) is 0 Å². The highest BCUT2D eigenvalue weighted by atomic mass is 35.5. The quantitative estimate of drug-likeness (QED) is 0.708. The molecular formula is C19H17ClN2O2S. The van der Waals surface area contributed by atoms with Gasteiger partial charge in [-0.1, -0.05) is 60.1 Å². The maximum atomic E-state index is 13.1. The van der Waals surface area contributed by atoms with Crippen molar-refractivity contribution in [2.45, 2.75) is 13.0 Å². The Labute approximate surface area is 154 Å². The van der Waals surface area contributed by atoms with Crippen LogP contribution in [0.1, 0.15) is 21.7 Å². The molecule has 6 heteroatoms. The molecule has 128 valence electrons. The number of amides is 2. The van der Waals surface area contributed by atoms with Crippen LogP contribution >= 0.6 is 22.9 Å². The van der Waals surface area contributed by atoms with Gasteiger partial charge in [-0.2, -0.15) is 0 Å². The minimum atomic E-state index is -0.437. The number of hydrogen-bond donors (Lipinski definition) is 1. The molecule has 2 aromatic carbocycles. The van der Waals surface area contributed by atoms with E-state index in [0.29, 0.717) is 16.4 Å². The highest BCUT2D eigenvalue weighted by Crippen LogP contribution is 2.36. The molecule has 0 aliphatic carbocycles. The normalized spacial score (nSPS) is 10.8. The fourth-order valence-corrected chi connectivity index (χ4v) is 4.08. The highest BCUT2D eigenvalue weighted by molar-refractivity contribution is 7.21. The van der Waals surface area contributed by atoms with Crippen LogP contribution in [-0.2, 0) is 11.3 Å². The van der Waals surface area contributed by atoms with Crippen molar-refractivity contribution in [1.82, 2.24) is 4.90 Å². The van der Waals surface area contributed by atoms with E-state index in [-0.39, 0.29) is 18.9 Å². The van der Waals surface area contributed by atoms with Gasteiger partial charge in [0.05, 0.1) is 5.02 Å². The summed E-state index contributed by atoms with van der Waals surface area (Å²) in [5, 5.41) is 1.33. The number of primary amides is 1. The molecule has 3 rings (SSSR count). The van der Waals surface area contributed by atoms with E-state index in [1.54, 1.807) is 4.90 Å². The predicted molar refractivity (Wildman–Crippen MR) is 102 cm³/mol. The lowest BCUT2D eigenvalue weighted by Crippen LogP contribution is -2.33. The van der Waals surface area contributed by atoms with Gasteiger partial charge >= 0.3 is 0 Å². The van der Waals surface area contributed by atoms with E-state index in [9.17, 15) is 9.59 Å². The lowest BCUT2D eigenvalue weighted by molar-refractivity contribution is -0.118. The Kier molecular flexibility index (Phi) is 5.36. The molecule has 4 nitrogen and oxygen atoms in total. The first-order valence-corrected chi connectivity index (χ1v) is 9.04. The van der Waals surface area contributed by atoms with Crippen LogP contribution in [0.15, 0.2) is 54.6 Å². The minimum Gasteiger partial charge on any atom is -0.370 e. The van der Waals surface area contributed by atoms with Gasteiger partial charge in [0.2, 0.25) is 5.91 Å². The summed E-state index contributed by atoms with van der Waals surface area (Å²) in [7, 11) is 0. The predicted octanol–water partition coefficient (Wildman–Crippen LogP) is 4.07. The zero-order valence-corrected chi connectivity index (χ0v) is 15.0. The topological polar surface area (TPSA) is 63.4 Å². The van der Waals surface area contributed by atoms with Crippen LogP contribution in [0.4, 0.5) is 0 Å². The highest BCUT2D eigenvalue weighted by Gasteiger charge is 2.23. The Balaban J connectivity index is 1.91. The summed E-state index contributed by atoms with van der Waals surface area (Å²) in [5.74, 6) is -0.621. The van der Waals surface area contributed by atoms with Crippen molar-refractivity contribution in [2.75, 3.05) is 6.54 Å². The van der Waals surface area contributed by atoms with Gasteiger partial charge in [0.1, 0.15) is 4.88 Å². The first kappa shape index (κ1) is 17.5. The molecule has 1 aromatic heterocycles. The summed E-state index contributed by atoms with van der Waals surface area (Å²) in [6, 6.07) is 17.3. The summed E-state index contributed by atoms with van der Waals surface area (Å²) >= 11 is 7.80. The summed E-state index contributed by atoms with van der Waals surface area (Å²) in [6.45, 7) is 0.658. The fraction of sp³-hybridized carbons (Fsp3) is 0.158. The zero-order valence-electron chi connectivity index (χ0n) is 13.4. The van der Waals surface area contributed by atoms with Crippen LogP contribution in [0.3, 0.4) is 0 Å². The molecule has 0 spiro atoms. The summed E-state index contributed by atoms with van der Waals surface area (Å²) in [6.07, 6.45) is 0.112. The summed E-state index contributed by atoms with van der Waals surface area (Å²) < 4.78 is 0.963. The molecular weight excluding hydrogens is 356 g/mol. The molecule has 0 saturated carbocycles. The van der Waals surface area contributed by atoms with E-state index >= 15 is 0 Å². The van der Waals surface area contributed by atoms with E-state index in [2.05, 4.69) is 0 Å². The molecule has 0 radical (unpaired) electrons. The Morgan fingerprint density at radius 1 is 1.04 bits per heavy atom. The smallest absolute Gasteiger partial charge is 0.265 e. The molecule has 0 unspecified atom stereocenters. The van der Waals surface area contributed by atoms with Crippen molar-refractivity contribution in [3.8, 4) is 0 Å². The molecule has 0 atom stereocenters. The number of thiophene rings is 1. The molecule has 0 fully saturated rings. The van der Waals surface area contributed by atoms with Crippen molar-refractivity contribution in [2.24, 2.45) is 5.73 Å². The molecule has 0 saturated heterocycles. The number of carbonyl (C=O) groups is 2. The van der Waals surface area contributed by atoms with Gasteiger partial charge < -0.3 is 10.6 Å². The van der Waals surface area contributed by atoms with Crippen LogP contribution in [0.25, 0.3) is 10.1 Å². The maximum absolute atomic E-state index is 13.1. The number of halogens is 1. The standard InChI is InChI=1S/C19H17ClN2O2S/c20-17-14-8-4-5-9-15(14)25-18(17)19(24)22(11-10-16(21)23)12-13-6-2-1-3-7-13/h1-9H,10-12H2,(H2,21,23). The second kappa shape index (κ2) is 7.68. The molecule has 2 N–H and O–H groups in total. The molecule has 0 aliphatic heterocycles. The van der Waals surface area contributed by atoms with Crippen LogP contribution in [0, 0.1) is 0 Å². The Morgan fingerprint density at radius 2 is 1.72 bits per heavy atom. The van der Waals surface area contributed by atoms with Crippen LogP contribution < -0.4 is 5.73 Å². The minimum absolute atomic E-state index is 0.112. The molecule has 0 bridgehead atoms. The van der Waals surface area contributed by atoms with Crippen molar-refractivity contribution in [1.29, 1.82) is 0 Å². The van der Waals surface area contributed by atoms with Crippen molar-refractivity contribution >= 4 is 44.8 Å². The lowest BCUT2D eigenvalue weighted by atomic mass is 10.2. The average Bonchev–Trinajstić information content (AvgIpc) is 2.96. The number of rotatable bonds is 6. The van der Waals surface area contributed by atoms with Gasteiger partial charge in [-0.25, -0.2) is 0 Å². The van der Waals surface area contributed by atoms with Crippen LogP contribution in [-0.4, -0.2) is 23.3 Å². The number of fused-ring (bicyclic) bond motifs is 1. The molecule has 1 heterocycles. The second-order valence-electron chi connectivity index (χ2n) is 5.67. The average molecular weight is 373 g/mol. The zero-order chi connectivity index (χ0) is 17.8. The lowest BCUT2D eigenvalue weighted by Gasteiger charge is -2.22. The largest absolute Gasteiger partial charge is 0.370 e. The summed E-state index contributed by atoms with van der Waals surface area (Å²) in [5.41, 5.74) is 6.25. The third kappa shape index (κ3) is 4.00. The van der Waals surface area contributed by atoms with Gasteiger partial charge in [0.25, 0.3) is 5.91 Å². The Morgan fingerprint density at radius 3 is 2.40 bits per heavy atom. The van der Waals surface area contributed by atoms with Crippen LogP contribution in [0.2, 0.25) is 5.02 Å². The van der Waals surface area contributed by atoms with E-state index in [1.165, 1.54) is 11.3 Å². The first-order valence-electron chi connectivity index (χ1n) is 7.85. The summed E-state index contributed by atoms with van der Waals surface area (Å²) in [4.78, 5) is 26.3. The van der Waals surface area contributed by atoms with Gasteiger partial charge in [0, 0.05) is 29.6 Å². The first-order chi connectivity index (χ1) is 12.1. The van der Waals surface area contributed by atoms with Crippen LogP contribution in [0.5, 0.6) is 0 Å². The Hall–Kier alpha value is -2.37. The van der Waals surface area contributed by atoms with E-state index < -0.39 is 5.91 Å². The number of hydrogen-bond acceptors (Lipinski definition) is 3. The number of carbonyl (C=O) groups excluding carboxylic acids is 2. The SMILES string of the molecule is NC(=O)CCN(Cc1ccccc1)C(=O)c1sc2ccccc2c1Cl. The fourth-order valence-electron chi connectivity index (χ4n) is 2.60. The van der Waals surface area contributed by atoms with Gasteiger partial charge in [-0.15, -0.1) is 11.3 Å². The van der Waals surface area contributed by atoms with Crippen molar-refractivity contribution < 1.29 is 9.59 Å². The monoisotopic (exact) mass is 372 g/mol. The molecule has 0 aliphatic rings. The maximum Gasteiger partial charge on any atom is 0.265 e. The van der Waals surface area contributed by atoms with Gasteiger partial charge in [0.15, 0.2) is 0 Å². The number of benzene rings is 2. The van der Waals surface area contributed by atoms with E-state index in [4.69, 9.17) is 17.3 Å². The molecule has 3 aromatic rings. The number of nitrogens with zero attached hydrogens (tertiary/aromatic N) is 1. The third-order valence-corrected chi connectivity index (χ3v) is 5.52. The third-order valence-electron chi connectivity index (χ3n) is 3.86. The molecule has 25 heavy (non-hydrogen) atoms. The van der Waals surface area contributed by atoms with Crippen molar-refractivity contribution in [3.05, 3.63) is 70.1 Å².